The lowest BCUT2D eigenvalue weighted by Gasteiger charge is -2.33. The summed E-state index contributed by atoms with van der Waals surface area (Å²) >= 11 is 3.44. The minimum Gasteiger partial charge on any atom is -0.465 e. The number of methoxy groups -OCH3 is 1. The second kappa shape index (κ2) is 5.79. The van der Waals surface area contributed by atoms with Crippen LogP contribution in [0.3, 0.4) is 0 Å². The standard InChI is InChI=1S/C13H17BrN2O3/c1-19-13(18)8-5-10(14)12(11(15)6-8)16-4-2-3-9(17)7-16/h5-6,9,17H,2-4,7,15H2,1H3. The van der Waals surface area contributed by atoms with E-state index in [0.29, 0.717) is 17.8 Å². The topological polar surface area (TPSA) is 75.8 Å². The largest absolute Gasteiger partial charge is 0.465 e. The number of halogens is 1. The molecule has 2 rings (SSSR count). The number of anilines is 2. The molecule has 104 valence electrons. The van der Waals surface area contributed by atoms with Gasteiger partial charge in [0.05, 0.1) is 30.2 Å². The maximum absolute atomic E-state index is 11.5. The smallest absolute Gasteiger partial charge is 0.337 e. The van der Waals surface area contributed by atoms with Crippen LogP contribution in [-0.2, 0) is 4.74 Å². The highest BCUT2D eigenvalue weighted by Crippen LogP contribution is 2.35. The molecule has 1 fully saturated rings. The first-order chi connectivity index (χ1) is 9.02. The summed E-state index contributed by atoms with van der Waals surface area (Å²) in [6.45, 7) is 1.40. The molecule has 3 N–H and O–H groups in total. The Labute approximate surface area is 120 Å². The highest BCUT2D eigenvalue weighted by atomic mass is 79.9. The van der Waals surface area contributed by atoms with Gasteiger partial charge in [0.1, 0.15) is 0 Å². The summed E-state index contributed by atoms with van der Waals surface area (Å²) in [5, 5.41) is 9.73. The first kappa shape index (κ1) is 14.1. The number of nitrogens with zero attached hydrogens (tertiary/aromatic N) is 1. The predicted molar refractivity (Wildman–Crippen MR) is 77.3 cm³/mol. The van der Waals surface area contributed by atoms with Gasteiger partial charge in [0.2, 0.25) is 0 Å². The molecular weight excluding hydrogens is 312 g/mol. The summed E-state index contributed by atoms with van der Waals surface area (Å²) in [6.07, 6.45) is 1.40. The van der Waals surface area contributed by atoms with Crippen molar-refractivity contribution in [2.75, 3.05) is 30.8 Å². The van der Waals surface area contributed by atoms with Crippen molar-refractivity contribution < 1.29 is 14.6 Å². The van der Waals surface area contributed by atoms with Crippen molar-refractivity contribution in [2.24, 2.45) is 0 Å². The van der Waals surface area contributed by atoms with Gasteiger partial charge in [-0.25, -0.2) is 4.79 Å². The summed E-state index contributed by atoms with van der Waals surface area (Å²) in [7, 11) is 1.33. The van der Waals surface area contributed by atoms with Gasteiger partial charge in [-0.1, -0.05) is 0 Å². The van der Waals surface area contributed by atoms with Crippen molar-refractivity contribution in [3.8, 4) is 0 Å². The van der Waals surface area contributed by atoms with Crippen LogP contribution >= 0.6 is 15.9 Å². The van der Waals surface area contributed by atoms with E-state index < -0.39 is 5.97 Å². The van der Waals surface area contributed by atoms with E-state index in [9.17, 15) is 9.90 Å². The van der Waals surface area contributed by atoms with E-state index in [1.807, 2.05) is 4.90 Å². The van der Waals surface area contributed by atoms with Gasteiger partial charge in [0, 0.05) is 17.6 Å². The van der Waals surface area contributed by atoms with Crippen LogP contribution in [0.4, 0.5) is 11.4 Å². The van der Waals surface area contributed by atoms with Gasteiger partial charge in [-0.3, -0.25) is 0 Å². The molecule has 1 aromatic rings. The number of nitrogens with two attached hydrogens (primary N) is 1. The molecule has 0 radical (unpaired) electrons. The Morgan fingerprint density at radius 2 is 2.32 bits per heavy atom. The van der Waals surface area contributed by atoms with Crippen molar-refractivity contribution in [3.05, 3.63) is 22.2 Å². The number of β-amino-alcohol motifs (C(OH)–C–C–N with tert-alkyl or cyclic N) is 1. The van der Waals surface area contributed by atoms with E-state index in [1.54, 1.807) is 12.1 Å². The van der Waals surface area contributed by atoms with Crippen LogP contribution in [-0.4, -0.2) is 37.4 Å². The van der Waals surface area contributed by atoms with Crippen LogP contribution in [0.2, 0.25) is 0 Å². The predicted octanol–water partition coefficient (Wildman–Crippen LogP) is 1.78. The fourth-order valence-electron chi connectivity index (χ4n) is 2.35. The van der Waals surface area contributed by atoms with Crippen LogP contribution in [0.1, 0.15) is 23.2 Å². The Bertz CT molecular complexity index is 470. The second-order valence-electron chi connectivity index (χ2n) is 4.63. The maximum atomic E-state index is 11.5. The Morgan fingerprint density at radius 3 is 2.89 bits per heavy atom. The molecule has 0 aliphatic carbocycles. The Kier molecular flexibility index (Phi) is 4.31. The van der Waals surface area contributed by atoms with E-state index in [0.717, 1.165) is 29.5 Å². The minimum absolute atomic E-state index is 0.333. The number of carbonyl (C=O) groups excluding carboxylic acids is 1. The van der Waals surface area contributed by atoms with Crippen molar-refractivity contribution in [3.63, 3.8) is 0 Å². The Balaban J connectivity index is 2.33. The number of hydrogen-bond donors (Lipinski definition) is 2. The third-order valence-electron chi connectivity index (χ3n) is 3.23. The van der Waals surface area contributed by atoms with Gasteiger partial charge < -0.3 is 20.5 Å². The second-order valence-corrected chi connectivity index (χ2v) is 5.48. The van der Waals surface area contributed by atoms with Gasteiger partial charge in [0.15, 0.2) is 0 Å². The number of rotatable bonds is 2. The van der Waals surface area contributed by atoms with Crippen LogP contribution in [0, 0.1) is 0 Å². The van der Waals surface area contributed by atoms with Gasteiger partial charge in [0.25, 0.3) is 0 Å². The average Bonchev–Trinajstić information content (AvgIpc) is 2.37. The number of nitrogen functional groups attached to an aromatic ring is 1. The molecule has 1 atom stereocenters. The van der Waals surface area contributed by atoms with Gasteiger partial charge in [-0.15, -0.1) is 0 Å². The molecule has 1 heterocycles. The number of ether oxygens (including phenoxy) is 1. The van der Waals surface area contributed by atoms with E-state index in [1.165, 1.54) is 7.11 Å². The zero-order valence-electron chi connectivity index (χ0n) is 10.7. The lowest BCUT2D eigenvalue weighted by molar-refractivity contribution is 0.0600. The fourth-order valence-corrected chi connectivity index (χ4v) is 3.07. The first-order valence-corrected chi connectivity index (χ1v) is 6.92. The third-order valence-corrected chi connectivity index (χ3v) is 3.83. The summed E-state index contributed by atoms with van der Waals surface area (Å²) in [4.78, 5) is 13.5. The fraction of sp³-hybridized carbons (Fsp3) is 0.462. The number of hydrogen-bond acceptors (Lipinski definition) is 5. The Hall–Kier alpha value is -1.27. The molecule has 1 aliphatic rings. The van der Waals surface area contributed by atoms with Gasteiger partial charge >= 0.3 is 5.97 Å². The summed E-state index contributed by atoms with van der Waals surface area (Å²) in [5.74, 6) is -0.419. The van der Waals surface area contributed by atoms with Crippen molar-refractivity contribution >= 4 is 33.3 Å². The zero-order chi connectivity index (χ0) is 14.0. The molecule has 0 spiro atoms. The molecule has 6 heteroatoms. The normalized spacial score (nSPS) is 19.3. The monoisotopic (exact) mass is 328 g/mol. The first-order valence-electron chi connectivity index (χ1n) is 6.13. The molecule has 0 amide bonds. The number of piperidine rings is 1. The molecule has 0 saturated carbocycles. The van der Waals surface area contributed by atoms with Crippen LogP contribution < -0.4 is 10.6 Å². The van der Waals surface area contributed by atoms with Crippen LogP contribution in [0.25, 0.3) is 0 Å². The minimum atomic E-state index is -0.419. The molecule has 1 aromatic carbocycles. The average molecular weight is 329 g/mol. The van der Waals surface area contributed by atoms with Gasteiger partial charge in [-0.05, 0) is 40.9 Å². The maximum Gasteiger partial charge on any atom is 0.337 e. The number of benzene rings is 1. The van der Waals surface area contributed by atoms with Crippen LogP contribution in [0.15, 0.2) is 16.6 Å². The summed E-state index contributed by atoms with van der Waals surface area (Å²) < 4.78 is 5.42. The molecule has 1 saturated heterocycles. The highest BCUT2D eigenvalue weighted by molar-refractivity contribution is 9.10. The Morgan fingerprint density at radius 1 is 1.58 bits per heavy atom. The molecule has 1 aliphatic heterocycles. The highest BCUT2D eigenvalue weighted by Gasteiger charge is 2.22. The van der Waals surface area contributed by atoms with E-state index in [4.69, 9.17) is 5.73 Å². The molecule has 1 unspecified atom stereocenters. The van der Waals surface area contributed by atoms with Crippen molar-refractivity contribution in [2.45, 2.75) is 18.9 Å². The van der Waals surface area contributed by atoms with Crippen LogP contribution in [0.5, 0.6) is 0 Å². The number of aliphatic hydroxyl groups excluding tert-OH is 1. The molecule has 0 bridgehead atoms. The third kappa shape index (κ3) is 3.01. The van der Waals surface area contributed by atoms with E-state index >= 15 is 0 Å². The molecule has 5 nitrogen and oxygen atoms in total. The van der Waals surface area contributed by atoms with E-state index in [-0.39, 0.29) is 6.10 Å². The summed E-state index contributed by atoms with van der Waals surface area (Å²) in [6, 6.07) is 3.30. The molecule has 0 aromatic heterocycles. The van der Waals surface area contributed by atoms with Gasteiger partial charge in [-0.2, -0.15) is 0 Å². The number of aliphatic hydroxyl groups is 1. The summed E-state index contributed by atoms with van der Waals surface area (Å²) in [5.41, 5.74) is 7.77. The van der Waals surface area contributed by atoms with Crippen molar-refractivity contribution in [1.29, 1.82) is 0 Å². The molecular formula is C13H17BrN2O3. The SMILES string of the molecule is COC(=O)c1cc(N)c(N2CCCC(O)C2)c(Br)c1. The quantitative estimate of drug-likeness (QED) is 0.639. The van der Waals surface area contributed by atoms with E-state index in [2.05, 4.69) is 20.7 Å². The number of carbonyl (C=O) groups is 1. The van der Waals surface area contributed by atoms with Crippen molar-refractivity contribution in [1.82, 2.24) is 0 Å². The molecule has 19 heavy (non-hydrogen) atoms. The lowest BCUT2D eigenvalue weighted by Crippen LogP contribution is -2.38. The lowest BCUT2D eigenvalue weighted by atomic mass is 10.1. The number of esters is 1. The zero-order valence-corrected chi connectivity index (χ0v) is 12.3.